The summed E-state index contributed by atoms with van der Waals surface area (Å²) in [7, 11) is 0. The molecule has 2 aliphatic heterocycles. The molecule has 1 aromatic carbocycles. The molecule has 1 aromatic heterocycles. The number of carbonyl (C=O) groups is 1. The van der Waals surface area contributed by atoms with E-state index in [1.54, 1.807) is 6.20 Å². The van der Waals surface area contributed by atoms with Crippen LogP contribution in [0.15, 0.2) is 30.5 Å². The zero-order valence-corrected chi connectivity index (χ0v) is 11.6. The molecule has 0 atom stereocenters. The Bertz CT molecular complexity index is 699. The van der Waals surface area contributed by atoms with Gasteiger partial charge >= 0.3 is 6.03 Å². The first kappa shape index (κ1) is 12.5. The number of amides is 2. The van der Waals surface area contributed by atoms with E-state index in [4.69, 9.17) is 4.74 Å². The molecule has 0 bridgehead atoms. The fraction of sp³-hybridized carbons (Fsp3) is 0.400. The molecule has 0 saturated carbocycles. The van der Waals surface area contributed by atoms with E-state index in [2.05, 4.69) is 15.3 Å². The number of hydrogen-bond acceptors (Lipinski definition) is 4. The van der Waals surface area contributed by atoms with Crippen LogP contribution in [-0.4, -0.2) is 47.2 Å². The van der Waals surface area contributed by atoms with Crippen LogP contribution in [0.4, 0.5) is 10.6 Å². The summed E-state index contributed by atoms with van der Waals surface area (Å²) >= 11 is 0. The molecule has 2 saturated heterocycles. The third-order valence-corrected chi connectivity index (χ3v) is 4.23. The topological polar surface area (TPSA) is 67.4 Å². The van der Waals surface area contributed by atoms with Gasteiger partial charge in [0.05, 0.1) is 30.4 Å². The highest BCUT2D eigenvalue weighted by Gasteiger charge is 2.45. The van der Waals surface area contributed by atoms with Crippen LogP contribution in [-0.2, 0) is 4.74 Å². The molecule has 6 heteroatoms. The van der Waals surface area contributed by atoms with Crippen molar-refractivity contribution >= 4 is 22.9 Å². The molecule has 1 N–H and O–H groups in total. The first-order valence-electron chi connectivity index (χ1n) is 7.10. The number of para-hydroxylation sites is 2. The van der Waals surface area contributed by atoms with Gasteiger partial charge in [-0.2, -0.15) is 0 Å². The second-order valence-corrected chi connectivity index (χ2v) is 5.84. The quantitative estimate of drug-likeness (QED) is 0.868. The van der Waals surface area contributed by atoms with Crippen LogP contribution in [0, 0.1) is 5.41 Å². The lowest BCUT2D eigenvalue weighted by Crippen LogP contribution is -2.46. The molecule has 6 nitrogen and oxygen atoms in total. The highest BCUT2D eigenvalue weighted by molar-refractivity contribution is 5.89. The van der Waals surface area contributed by atoms with Gasteiger partial charge in [-0.25, -0.2) is 9.78 Å². The minimum absolute atomic E-state index is 0.108. The number of anilines is 1. The first-order valence-corrected chi connectivity index (χ1v) is 7.10. The molecule has 2 fully saturated rings. The molecular weight excluding hydrogens is 268 g/mol. The Kier molecular flexibility index (Phi) is 2.78. The van der Waals surface area contributed by atoms with E-state index in [-0.39, 0.29) is 11.4 Å². The molecule has 2 amide bonds. The normalized spacial score (nSPS) is 19.7. The third kappa shape index (κ3) is 2.21. The Balaban J connectivity index is 1.48. The van der Waals surface area contributed by atoms with Crippen molar-refractivity contribution in [3.8, 4) is 0 Å². The number of fused-ring (bicyclic) bond motifs is 1. The Morgan fingerprint density at radius 3 is 2.81 bits per heavy atom. The number of likely N-dealkylation sites (tertiary alicyclic amines) is 1. The van der Waals surface area contributed by atoms with Crippen molar-refractivity contribution in [1.82, 2.24) is 14.9 Å². The van der Waals surface area contributed by atoms with Crippen LogP contribution in [0.1, 0.15) is 6.42 Å². The maximum Gasteiger partial charge on any atom is 0.323 e. The van der Waals surface area contributed by atoms with Crippen molar-refractivity contribution in [2.24, 2.45) is 5.41 Å². The monoisotopic (exact) mass is 284 g/mol. The summed E-state index contributed by atoms with van der Waals surface area (Å²) in [5, 5.41) is 2.83. The van der Waals surface area contributed by atoms with Crippen molar-refractivity contribution < 1.29 is 9.53 Å². The van der Waals surface area contributed by atoms with Crippen LogP contribution < -0.4 is 5.32 Å². The predicted octanol–water partition coefficient (Wildman–Crippen LogP) is 1.88. The van der Waals surface area contributed by atoms with E-state index in [0.29, 0.717) is 5.82 Å². The lowest BCUT2D eigenvalue weighted by Gasteiger charge is -2.37. The molecule has 0 unspecified atom stereocenters. The van der Waals surface area contributed by atoms with Crippen LogP contribution in [0.25, 0.3) is 11.0 Å². The number of nitrogens with zero attached hydrogens (tertiary/aromatic N) is 3. The van der Waals surface area contributed by atoms with Crippen LogP contribution in [0.3, 0.4) is 0 Å². The standard InChI is InChI=1S/C15H16N4O2/c20-14(19-6-5-15(8-19)9-21-10-15)18-13-7-16-11-3-1-2-4-12(11)17-13/h1-4,7H,5-6,8-10H2,(H,17,18,20). The zero-order chi connectivity index (χ0) is 14.3. The number of hydrogen-bond donors (Lipinski definition) is 1. The van der Waals surface area contributed by atoms with Gasteiger partial charge < -0.3 is 9.64 Å². The van der Waals surface area contributed by atoms with Crippen LogP contribution in [0.2, 0.25) is 0 Å². The average molecular weight is 284 g/mol. The van der Waals surface area contributed by atoms with Crippen molar-refractivity contribution in [2.75, 3.05) is 31.6 Å². The largest absolute Gasteiger partial charge is 0.380 e. The lowest BCUT2D eigenvalue weighted by atomic mass is 9.85. The number of aromatic nitrogens is 2. The van der Waals surface area contributed by atoms with Gasteiger partial charge in [0.1, 0.15) is 0 Å². The van der Waals surface area contributed by atoms with E-state index >= 15 is 0 Å². The van der Waals surface area contributed by atoms with E-state index in [1.807, 2.05) is 29.2 Å². The summed E-state index contributed by atoms with van der Waals surface area (Å²) in [5.74, 6) is 0.490. The average Bonchev–Trinajstić information content (AvgIpc) is 2.93. The maximum absolute atomic E-state index is 12.3. The molecule has 4 rings (SSSR count). The van der Waals surface area contributed by atoms with Crippen molar-refractivity contribution in [3.05, 3.63) is 30.5 Å². The van der Waals surface area contributed by atoms with Gasteiger partial charge in [-0.1, -0.05) is 12.1 Å². The molecule has 108 valence electrons. The third-order valence-electron chi connectivity index (χ3n) is 4.23. The van der Waals surface area contributed by atoms with E-state index < -0.39 is 0 Å². The molecule has 2 aliphatic rings. The molecule has 0 radical (unpaired) electrons. The Hall–Kier alpha value is -2.21. The van der Waals surface area contributed by atoms with Gasteiger partial charge in [0.2, 0.25) is 0 Å². The van der Waals surface area contributed by atoms with Gasteiger partial charge in [0.25, 0.3) is 0 Å². The van der Waals surface area contributed by atoms with Gasteiger partial charge in [-0.3, -0.25) is 10.3 Å². The first-order chi connectivity index (χ1) is 10.2. The maximum atomic E-state index is 12.3. The fourth-order valence-corrected chi connectivity index (χ4v) is 2.94. The van der Waals surface area contributed by atoms with Crippen molar-refractivity contribution in [1.29, 1.82) is 0 Å². The number of urea groups is 1. The number of ether oxygens (including phenoxy) is 1. The SMILES string of the molecule is O=C(Nc1cnc2ccccc2n1)N1CCC2(COC2)C1. The molecule has 1 spiro atoms. The van der Waals surface area contributed by atoms with E-state index in [1.165, 1.54) is 0 Å². The molecule has 0 aliphatic carbocycles. The molecular formula is C15H16N4O2. The Morgan fingerprint density at radius 2 is 2.10 bits per heavy atom. The number of rotatable bonds is 1. The molecule has 21 heavy (non-hydrogen) atoms. The lowest BCUT2D eigenvalue weighted by molar-refractivity contribution is -0.103. The summed E-state index contributed by atoms with van der Waals surface area (Å²) in [5.41, 5.74) is 1.80. The number of carbonyl (C=O) groups excluding carboxylic acids is 1. The van der Waals surface area contributed by atoms with Crippen molar-refractivity contribution in [2.45, 2.75) is 6.42 Å². The second kappa shape index (κ2) is 4.66. The number of benzene rings is 1. The summed E-state index contributed by atoms with van der Waals surface area (Å²) in [4.78, 5) is 22.8. The summed E-state index contributed by atoms with van der Waals surface area (Å²) in [6.07, 6.45) is 2.61. The number of nitrogens with one attached hydrogen (secondary N) is 1. The summed E-state index contributed by atoms with van der Waals surface area (Å²) < 4.78 is 5.27. The minimum Gasteiger partial charge on any atom is -0.380 e. The smallest absolute Gasteiger partial charge is 0.323 e. The van der Waals surface area contributed by atoms with Crippen molar-refractivity contribution in [3.63, 3.8) is 0 Å². The highest BCUT2D eigenvalue weighted by Crippen LogP contribution is 2.37. The van der Waals surface area contributed by atoms with Crippen LogP contribution >= 0.6 is 0 Å². The van der Waals surface area contributed by atoms with Gasteiger partial charge in [0, 0.05) is 18.5 Å². The van der Waals surface area contributed by atoms with Gasteiger partial charge in [0.15, 0.2) is 5.82 Å². The molecule has 3 heterocycles. The molecule has 2 aromatic rings. The van der Waals surface area contributed by atoms with Gasteiger partial charge in [-0.15, -0.1) is 0 Å². The van der Waals surface area contributed by atoms with E-state index in [0.717, 1.165) is 43.8 Å². The highest BCUT2D eigenvalue weighted by atomic mass is 16.5. The van der Waals surface area contributed by atoms with E-state index in [9.17, 15) is 4.79 Å². The Labute approximate surface area is 122 Å². The summed E-state index contributed by atoms with van der Waals surface area (Å²) in [6, 6.07) is 7.50. The van der Waals surface area contributed by atoms with Crippen LogP contribution in [0.5, 0.6) is 0 Å². The van der Waals surface area contributed by atoms with Gasteiger partial charge in [-0.05, 0) is 18.6 Å². The second-order valence-electron chi connectivity index (χ2n) is 5.84. The predicted molar refractivity (Wildman–Crippen MR) is 78.0 cm³/mol. The Morgan fingerprint density at radius 1 is 1.29 bits per heavy atom. The minimum atomic E-state index is -0.108. The zero-order valence-electron chi connectivity index (χ0n) is 11.6. The fourth-order valence-electron chi connectivity index (χ4n) is 2.94. The summed E-state index contributed by atoms with van der Waals surface area (Å²) in [6.45, 7) is 3.08.